The molecule has 0 unspecified atom stereocenters. The topological polar surface area (TPSA) is 76.5 Å². The Morgan fingerprint density at radius 3 is 2.76 bits per heavy atom. The van der Waals surface area contributed by atoms with E-state index in [0.29, 0.717) is 31.7 Å². The van der Waals surface area contributed by atoms with Crippen LogP contribution < -0.4 is 5.32 Å². The minimum atomic E-state index is -0.221. The molecule has 25 heavy (non-hydrogen) atoms. The molecule has 0 fully saturated rings. The number of rotatable bonds is 5. The highest BCUT2D eigenvalue weighted by Gasteiger charge is 2.29. The fourth-order valence-corrected chi connectivity index (χ4v) is 3.06. The van der Waals surface area contributed by atoms with Gasteiger partial charge in [0.05, 0.1) is 0 Å². The zero-order chi connectivity index (χ0) is 17.8. The molecule has 7 heteroatoms. The van der Waals surface area contributed by atoms with Gasteiger partial charge in [0.15, 0.2) is 5.69 Å². The minimum absolute atomic E-state index is 0.0468. The molecule has 0 spiro atoms. The van der Waals surface area contributed by atoms with Gasteiger partial charge in [-0.2, -0.15) is 5.10 Å². The van der Waals surface area contributed by atoms with Crippen molar-refractivity contribution in [2.75, 3.05) is 20.3 Å². The van der Waals surface area contributed by atoms with Crippen molar-refractivity contribution in [3.8, 4) is 0 Å². The summed E-state index contributed by atoms with van der Waals surface area (Å²) < 4.78 is 6.66. The molecule has 132 valence electrons. The van der Waals surface area contributed by atoms with Crippen molar-refractivity contribution in [1.82, 2.24) is 20.0 Å². The van der Waals surface area contributed by atoms with Gasteiger partial charge in [-0.3, -0.25) is 14.3 Å². The van der Waals surface area contributed by atoms with Crippen molar-refractivity contribution in [3.05, 3.63) is 52.8 Å². The predicted octanol–water partition coefficient (Wildman–Crippen LogP) is 0.881. The van der Waals surface area contributed by atoms with Crippen LogP contribution in [0.5, 0.6) is 0 Å². The molecule has 0 aliphatic carbocycles. The lowest BCUT2D eigenvalue weighted by atomic mass is 10.0. The Labute approximate surface area is 146 Å². The van der Waals surface area contributed by atoms with Crippen LogP contribution in [0, 0.1) is 0 Å². The van der Waals surface area contributed by atoms with E-state index in [4.69, 9.17) is 4.74 Å². The Morgan fingerprint density at radius 2 is 2.04 bits per heavy atom. The van der Waals surface area contributed by atoms with E-state index in [-0.39, 0.29) is 18.4 Å². The van der Waals surface area contributed by atoms with Crippen LogP contribution >= 0.6 is 0 Å². The molecular weight excluding hydrogens is 320 g/mol. The van der Waals surface area contributed by atoms with Gasteiger partial charge in [0.25, 0.3) is 5.91 Å². The highest BCUT2D eigenvalue weighted by molar-refractivity contribution is 5.94. The quantitative estimate of drug-likeness (QED) is 0.875. The fraction of sp³-hybridized carbons (Fsp3) is 0.389. The zero-order valence-corrected chi connectivity index (χ0v) is 14.5. The van der Waals surface area contributed by atoms with Gasteiger partial charge in [0.1, 0.15) is 6.61 Å². The SMILES string of the molecule is COCC(=O)N1CCc2c(c(C(=O)NCc3ccccc3)nn2C)C1. The van der Waals surface area contributed by atoms with Crippen LogP contribution in [0.3, 0.4) is 0 Å². The number of aromatic nitrogens is 2. The highest BCUT2D eigenvalue weighted by Crippen LogP contribution is 2.22. The van der Waals surface area contributed by atoms with Gasteiger partial charge < -0.3 is 15.0 Å². The summed E-state index contributed by atoms with van der Waals surface area (Å²) in [4.78, 5) is 26.4. The Kier molecular flexibility index (Phi) is 5.14. The van der Waals surface area contributed by atoms with Crippen LogP contribution in [0.4, 0.5) is 0 Å². The van der Waals surface area contributed by atoms with E-state index in [2.05, 4.69) is 10.4 Å². The molecule has 0 saturated heterocycles. The van der Waals surface area contributed by atoms with Crippen LogP contribution in [0.25, 0.3) is 0 Å². The molecule has 1 aliphatic heterocycles. The van der Waals surface area contributed by atoms with Crippen molar-refractivity contribution >= 4 is 11.8 Å². The molecule has 3 rings (SSSR count). The summed E-state index contributed by atoms with van der Waals surface area (Å²) in [7, 11) is 3.33. The van der Waals surface area contributed by atoms with Crippen molar-refractivity contribution < 1.29 is 14.3 Å². The molecule has 2 aromatic rings. The maximum absolute atomic E-state index is 12.6. The number of methoxy groups -OCH3 is 1. The third kappa shape index (κ3) is 3.71. The number of fused-ring (bicyclic) bond motifs is 1. The lowest BCUT2D eigenvalue weighted by Crippen LogP contribution is -2.39. The minimum Gasteiger partial charge on any atom is -0.375 e. The Morgan fingerprint density at radius 1 is 1.28 bits per heavy atom. The van der Waals surface area contributed by atoms with Gasteiger partial charge in [-0.05, 0) is 5.56 Å². The monoisotopic (exact) mass is 342 g/mol. The molecule has 0 radical (unpaired) electrons. The molecular formula is C18H22N4O3. The van der Waals surface area contributed by atoms with E-state index in [0.717, 1.165) is 16.8 Å². The van der Waals surface area contributed by atoms with Gasteiger partial charge in [0, 0.05) is 51.5 Å². The Hall–Kier alpha value is -2.67. The Balaban J connectivity index is 1.74. The van der Waals surface area contributed by atoms with Gasteiger partial charge in [-0.1, -0.05) is 30.3 Å². The molecule has 0 atom stereocenters. The van der Waals surface area contributed by atoms with E-state index in [1.165, 1.54) is 7.11 Å². The standard InChI is InChI=1S/C18H22N4O3/c1-21-15-8-9-22(16(23)12-25-2)11-14(15)17(20-21)18(24)19-10-13-6-4-3-5-7-13/h3-7H,8-12H2,1-2H3,(H,19,24). The molecule has 1 aliphatic rings. The summed E-state index contributed by atoms with van der Waals surface area (Å²) in [5.74, 6) is -0.297. The lowest BCUT2D eigenvalue weighted by Gasteiger charge is -2.27. The summed E-state index contributed by atoms with van der Waals surface area (Å²) >= 11 is 0. The second kappa shape index (κ2) is 7.48. The average molecular weight is 342 g/mol. The van der Waals surface area contributed by atoms with Gasteiger partial charge in [0.2, 0.25) is 5.91 Å². The predicted molar refractivity (Wildman–Crippen MR) is 91.8 cm³/mol. The molecule has 2 amide bonds. The van der Waals surface area contributed by atoms with Crippen molar-refractivity contribution in [2.24, 2.45) is 7.05 Å². The number of carbonyl (C=O) groups is 2. The van der Waals surface area contributed by atoms with E-state index in [1.807, 2.05) is 37.4 Å². The molecule has 1 aromatic carbocycles. The molecule has 0 saturated carbocycles. The molecule has 1 N–H and O–H groups in total. The first-order chi connectivity index (χ1) is 12.1. The number of nitrogens with one attached hydrogen (secondary N) is 1. The summed E-state index contributed by atoms with van der Waals surface area (Å²) in [5.41, 5.74) is 3.25. The third-order valence-electron chi connectivity index (χ3n) is 4.37. The van der Waals surface area contributed by atoms with E-state index in [9.17, 15) is 9.59 Å². The maximum atomic E-state index is 12.6. The normalized spacial score (nSPS) is 13.4. The summed E-state index contributed by atoms with van der Waals surface area (Å²) in [6, 6.07) is 9.72. The number of aryl methyl sites for hydroxylation is 1. The van der Waals surface area contributed by atoms with Crippen LogP contribution in [0.15, 0.2) is 30.3 Å². The molecule has 7 nitrogen and oxygen atoms in total. The van der Waals surface area contributed by atoms with Crippen LogP contribution in [0.1, 0.15) is 27.3 Å². The van der Waals surface area contributed by atoms with Crippen LogP contribution in [-0.2, 0) is 36.1 Å². The summed E-state index contributed by atoms with van der Waals surface area (Å²) in [6.45, 7) is 1.49. The van der Waals surface area contributed by atoms with E-state index in [1.54, 1.807) is 9.58 Å². The fourth-order valence-electron chi connectivity index (χ4n) is 3.06. The number of nitrogens with zero attached hydrogens (tertiary/aromatic N) is 3. The second-order valence-corrected chi connectivity index (χ2v) is 6.06. The molecule has 0 bridgehead atoms. The smallest absolute Gasteiger partial charge is 0.272 e. The van der Waals surface area contributed by atoms with Crippen LogP contribution in [-0.4, -0.2) is 46.8 Å². The molecule has 1 aromatic heterocycles. The number of hydrogen-bond acceptors (Lipinski definition) is 4. The number of carbonyl (C=O) groups excluding carboxylic acids is 2. The Bertz CT molecular complexity index is 770. The number of hydrogen-bond donors (Lipinski definition) is 1. The van der Waals surface area contributed by atoms with Crippen molar-refractivity contribution in [3.63, 3.8) is 0 Å². The average Bonchev–Trinajstić information content (AvgIpc) is 2.97. The van der Waals surface area contributed by atoms with Crippen LogP contribution in [0.2, 0.25) is 0 Å². The van der Waals surface area contributed by atoms with Gasteiger partial charge in [-0.15, -0.1) is 0 Å². The first kappa shape index (κ1) is 17.2. The maximum Gasteiger partial charge on any atom is 0.272 e. The second-order valence-electron chi connectivity index (χ2n) is 6.06. The number of ether oxygens (including phenoxy) is 1. The lowest BCUT2D eigenvalue weighted by molar-refractivity contribution is -0.136. The van der Waals surface area contributed by atoms with E-state index < -0.39 is 0 Å². The van der Waals surface area contributed by atoms with Gasteiger partial charge >= 0.3 is 0 Å². The largest absolute Gasteiger partial charge is 0.375 e. The zero-order valence-electron chi connectivity index (χ0n) is 14.5. The third-order valence-corrected chi connectivity index (χ3v) is 4.37. The van der Waals surface area contributed by atoms with Gasteiger partial charge in [-0.25, -0.2) is 0 Å². The molecule has 2 heterocycles. The summed E-state index contributed by atoms with van der Waals surface area (Å²) in [6.07, 6.45) is 0.681. The van der Waals surface area contributed by atoms with Crippen molar-refractivity contribution in [1.29, 1.82) is 0 Å². The number of amides is 2. The highest BCUT2D eigenvalue weighted by atomic mass is 16.5. The van der Waals surface area contributed by atoms with E-state index >= 15 is 0 Å². The summed E-state index contributed by atoms with van der Waals surface area (Å²) in [5, 5.41) is 7.28. The first-order valence-electron chi connectivity index (χ1n) is 8.23. The number of benzene rings is 1. The van der Waals surface area contributed by atoms with Crippen molar-refractivity contribution in [2.45, 2.75) is 19.5 Å². The first-order valence-corrected chi connectivity index (χ1v) is 8.23.